The number of aromatic nitrogens is 1. The van der Waals surface area contributed by atoms with Gasteiger partial charge >= 0.3 is 0 Å². The Balaban J connectivity index is 1.91. The van der Waals surface area contributed by atoms with Gasteiger partial charge in [-0.3, -0.25) is 0 Å². The summed E-state index contributed by atoms with van der Waals surface area (Å²) >= 11 is 1.72. The molecule has 92 valence electrons. The zero-order chi connectivity index (χ0) is 11.6. The van der Waals surface area contributed by atoms with Crippen LogP contribution in [0.3, 0.4) is 0 Å². The first-order valence-electron chi connectivity index (χ1n) is 6.01. The molecule has 0 aromatic carbocycles. The van der Waals surface area contributed by atoms with Crippen molar-refractivity contribution in [2.24, 2.45) is 5.73 Å². The molecule has 0 radical (unpaired) electrons. The highest BCUT2D eigenvalue weighted by Crippen LogP contribution is 2.12. The van der Waals surface area contributed by atoms with Crippen LogP contribution in [-0.4, -0.2) is 24.7 Å². The molecule has 0 aliphatic heterocycles. The highest BCUT2D eigenvalue weighted by atomic mass is 32.1. The van der Waals surface area contributed by atoms with Crippen molar-refractivity contribution in [1.82, 2.24) is 4.98 Å². The van der Waals surface area contributed by atoms with Crippen LogP contribution in [-0.2, 0) is 11.2 Å². The maximum absolute atomic E-state index is 5.59. The van der Waals surface area contributed by atoms with Crippen LogP contribution < -0.4 is 5.73 Å². The minimum atomic E-state index is 0.811. The molecule has 0 bridgehead atoms. The number of aryl methyl sites for hydroxylation is 1. The molecule has 0 amide bonds. The van der Waals surface area contributed by atoms with Crippen LogP contribution in [0.25, 0.3) is 0 Å². The maximum atomic E-state index is 5.59. The molecule has 2 N–H and O–H groups in total. The van der Waals surface area contributed by atoms with E-state index < -0.39 is 0 Å². The third-order valence-corrected chi connectivity index (χ3v) is 3.56. The van der Waals surface area contributed by atoms with Gasteiger partial charge in [0, 0.05) is 17.9 Å². The first kappa shape index (κ1) is 13.6. The first-order valence-corrected chi connectivity index (χ1v) is 6.89. The van der Waals surface area contributed by atoms with Gasteiger partial charge < -0.3 is 10.5 Å². The van der Waals surface area contributed by atoms with E-state index in [0.717, 1.165) is 44.7 Å². The summed E-state index contributed by atoms with van der Waals surface area (Å²) in [7, 11) is 0. The first-order chi connectivity index (χ1) is 7.84. The van der Waals surface area contributed by atoms with E-state index in [4.69, 9.17) is 10.5 Å². The van der Waals surface area contributed by atoms with Gasteiger partial charge in [0.2, 0.25) is 0 Å². The van der Waals surface area contributed by atoms with Gasteiger partial charge in [0.15, 0.2) is 0 Å². The Labute approximate surface area is 102 Å². The molecule has 16 heavy (non-hydrogen) atoms. The third kappa shape index (κ3) is 5.58. The van der Waals surface area contributed by atoms with Gasteiger partial charge in [0.1, 0.15) is 0 Å². The third-order valence-electron chi connectivity index (χ3n) is 2.56. The number of hydrogen-bond acceptors (Lipinski definition) is 4. The summed E-state index contributed by atoms with van der Waals surface area (Å²) in [5.41, 5.74) is 8.47. The predicted molar refractivity (Wildman–Crippen MR) is 68.9 cm³/mol. The minimum Gasteiger partial charge on any atom is -0.381 e. The summed E-state index contributed by atoms with van der Waals surface area (Å²) < 4.78 is 5.59. The lowest BCUT2D eigenvalue weighted by molar-refractivity contribution is 0.133. The number of ether oxygens (including phenoxy) is 1. The van der Waals surface area contributed by atoms with Gasteiger partial charge in [-0.05, 0) is 26.3 Å². The van der Waals surface area contributed by atoms with Crippen LogP contribution in [0, 0.1) is 6.92 Å². The van der Waals surface area contributed by atoms with Crippen LogP contribution in [0.15, 0.2) is 5.51 Å². The molecule has 1 heterocycles. The Kier molecular flexibility index (Phi) is 7.38. The van der Waals surface area contributed by atoms with Crippen LogP contribution in [0.2, 0.25) is 0 Å². The lowest BCUT2D eigenvalue weighted by Crippen LogP contribution is -2.01. The Morgan fingerprint density at radius 3 is 2.75 bits per heavy atom. The summed E-state index contributed by atoms with van der Waals surface area (Å²) in [5.74, 6) is 0. The van der Waals surface area contributed by atoms with Crippen molar-refractivity contribution >= 4 is 11.3 Å². The fourth-order valence-electron chi connectivity index (χ4n) is 1.54. The number of thiazole rings is 1. The zero-order valence-corrected chi connectivity index (χ0v) is 10.9. The van der Waals surface area contributed by atoms with E-state index in [9.17, 15) is 0 Å². The van der Waals surface area contributed by atoms with E-state index in [0.29, 0.717) is 0 Å². The average Bonchev–Trinajstić information content (AvgIpc) is 2.68. The zero-order valence-electron chi connectivity index (χ0n) is 10.1. The molecular weight excluding hydrogens is 220 g/mol. The topological polar surface area (TPSA) is 48.1 Å². The number of rotatable bonds is 9. The fraction of sp³-hybridized carbons (Fsp3) is 0.750. The van der Waals surface area contributed by atoms with Crippen molar-refractivity contribution in [2.75, 3.05) is 19.8 Å². The summed E-state index contributed by atoms with van der Waals surface area (Å²) in [6.45, 7) is 4.56. The van der Waals surface area contributed by atoms with Gasteiger partial charge in [-0.1, -0.05) is 12.8 Å². The van der Waals surface area contributed by atoms with Crippen LogP contribution in [0.1, 0.15) is 36.3 Å². The van der Waals surface area contributed by atoms with Gasteiger partial charge in [0.25, 0.3) is 0 Å². The van der Waals surface area contributed by atoms with Gasteiger partial charge in [0.05, 0.1) is 17.8 Å². The smallest absolute Gasteiger partial charge is 0.0797 e. The van der Waals surface area contributed by atoms with E-state index in [2.05, 4.69) is 11.9 Å². The van der Waals surface area contributed by atoms with Crippen molar-refractivity contribution in [3.05, 3.63) is 16.1 Å². The molecular formula is C12H22N2OS. The Morgan fingerprint density at radius 2 is 2.06 bits per heavy atom. The Hall–Kier alpha value is -0.450. The van der Waals surface area contributed by atoms with Crippen LogP contribution in [0.4, 0.5) is 0 Å². The minimum absolute atomic E-state index is 0.811. The number of unbranched alkanes of at least 4 members (excludes halogenated alkanes) is 3. The van der Waals surface area contributed by atoms with E-state index in [-0.39, 0.29) is 0 Å². The summed E-state index contributed by atoms with van der Waals surface area (Å²) in [6.07, 6.45) is 5.76. The van der Waals surface area contributed by atoms with Crippen LogP contribution in [0.5, 0.6) is 0 Å². The molecule has 0 fully saturated rings. The lowest BCUT2D eigenvalue weighted by Gasteiger charge is -2.03. The van der Waals surface area contributed by atoms with Gasteiger partial charge in [-0.2, -0.15) is 0 Å². The highest BCUT2D eigenvalue weighted by molar-refractivity contribution is 7.09. The number of hydrogen-bond donors (Lipinski definition) is 1. The molecule has 1 rings (SSSR count). The quantitative estimate of drug-likeness (QED) is 0.677. The van der Waals surface area contributed by atoms with Gasteiger partial charge in [-0.25, -0.2) is 4.98 Å². The second-order valence-electron chi connectivity index (χ2n) is 3.93. The summed E-state index contributed by atoms with van der Waals surface area (Å²) in [6, 6.07) is 0. The molecule has 0 aliphatic carbocycles. The molecule has 0 unspecified atom stereocenters. The normalized spacial score (nSPS) is 10.9. The van der Waals surface area contributed by atoms with Crippen molar-refractivity contribution in [1.29, 1.82) is 0 Å². The maximum Gasteiger partial charge on any atom is 0.0797 e. The second-order valence-corrected chi connectivity index (χ2v) is 4.87. The van der Waals surface area contributed by atoms with E-state index in [1.54, 1.807) is 11.3 Å². The highest BCUT2D eigenvalue weighted by Gasteiger charge is 2.00. The molecule has 1 aromatic rings. The fourth-order valence-corrected chi connectivity index (χ4v) is 2.30. The van der Waals surface area contributed by atoms with Crippen molar-refractivity contribution in [2.45, 2.75) is 39.0 Å². The number of nitrogens with two attached hydrogens (primary N) is 1. The van der Waals surface area contributed by atoms with E-state index in [1.807, 2.05) is 5.51 Å². The molecule has 0 saturated heterocycles. The molecule has 1 aromatic heterocycles. The van der Waals surface area contributed by atoms with E-state index >= 15 is 0 Å². The number of nitrogens with zero attached hydrogens (tertiary/aromatic N) is 1. The molecule has 4 heteroatoms. The van der Waals surface area contributed by atoms with Crippen molar-refractivity contribution < 1.29 is 4.74 Å². The molecule has 0 saturated carbocycles. The Bertz CT molecular complexity index is 276. The lowest BCUT2D eigenvalue weighted by atomic mass is 10.2. The molecule has 3 nitrogen and oxygen atoms in total. The molecule has 0 spiro atoms. The van der Waals surface area contributed by atoms with Crippen molar-refractivity contribution in [3.63, 3.8) is 0 Å². The van der Waals surface area contributed by atoms with Crippen LogP contribution >= 0.6 is 11.3 Å². The SMILES string of the molecule is Cc1ncsc1CCOCCCCCCN. The van der Waals surface area contributed by atoms with Gasteiger partial charge in [-0.15, -0.1) is 11.3 Å². The Morgan fingerprint density at radius 1 is 1.25 bits per heavy atom. The van der Waals surface area contributed by atoms with E-state index in [1.165, 1.54) is 17.7 Å². The largest absolute Gasteiger partial charge is 0.381 e. The monoisotopic (exact) mass is 242 g/mol. The summed E-state index contributed by atoms with van der Waals surface area (Å²) in [5, 5.41) is 0. The van der Waals surface area contributed by atoms with Crippen molar-refractivity contribution in [3.8, 4) is 0 Å². The standard InChI is InChI=1S/C12H22N2OS/c1-11-12(16-10-14-11)6-9-15-8-5-3-2-4-7-13/h10H,2-9,13H2,1H3. The summed E-state index contributed by atoms with van der Waals surface area (Å²) in [4.78, 5) is 5.57. The second kappa shape index (κ2) is 8.67. The predicted octanol–water partition coefficient (Wildman–Crippen LogP) is 2.53. The molecule has 0 atom stereocenters. The molecule has 0 aliphatic rings. The average molecular weight is 242 g/mol.